The summed E-state index contributed by atoms with van der Waals surface area (Å²) in [6.07, 6.45) is 7.90. The molecule has 7 aromatic rings. The fourth-order valence-corrected chi connectivity index (χ4v) is 7.17. The minimum atomic E-state index is 0. The monoisotopic (exact) mass is 806 g/mol. The molecule has 3 heteroatoms. The summed E-state index contributed by atoms with van der Waals surface area (Å²) in [6.45, 7) is 11.2. The van der Waals surface area contributed by atoms with Gasteiger partial charge < -0.3 is 24.8 Å². The Balaban J connectivity index is 0.000000192. The van der Waals surface area contributed by atoms with E-state index in [4.69, 9.17) is 0 Å². The molecular weight excluding hydrogens is 763 g/mol. The summed E-state index contributed by atoms with van der Waals surface area (Å²) < 4.78 is 1.42. The van der Waals surface area contributed by atoms with Gasteiger partial charge in [-0.1, -0.05) is 148 Å². The molecule has 1 atom stereocenters. The van der Waals surface area contributed by atoms with E-state index >= 15 is 0 Å². The first-order chi connectivity index (χ1) is 24.7. The van der Waals surface area contributed by atoms with Crippen molar-refractivity contribution in [2.24, 2.45) is 17.3 Å². The zero-order valence-corrected chi connectivity index (χ0v) is 35.1. The quantitative estimate of drug-likeness (QED) is 0.159. The first-order valence-corrected chi connectivity index (χ1v) is 19.2. The average molecular weight is 809 g/mol. The van der Waals surface area contributed by atoms with Gasteiger partial charge in [-0.25, -0.2) is 6.08 Å². The number of halogens is 2. The second-order valence-corrected chi connectivity index (χ2v) is 15.8. The van der Waals surface area contributed by atoms with Gasteiger partial charge in [0.05, 0.1) is 0 Å². The molecule has 0 nitrogen and oxygen atoms in total. The average Bonchev–Trinajstić information content (AvgIpc) is 3.82. The molecule has 8 rings (SSSR count). The van der Waals surface area contributed by atoms with Crippen molar-refractivity contribution in [1.82, 2.24) is 0 Å². The fourth-order valence-electron chi connectivity index (χ4n) is 6.35. The van der Waals surface area contributed by atoms with E-state index in [1.807, 2.05) is 0 Å². The summed E-state index contributed by atoms with van der Waals surface area (Å²) in [5.74, 6) is 1.22. The molecule has 1 aliphatic rings. The zero-order chi connectivity index (χ0) is 35.8. The van der Waals surface area contributed by atoms with Crippen LogP contribution in [-0.4, -0.2) is 3.21 Å². The molecular formula is C50H46Cl2Zr-2. The van der Waals surface area contributed by atoms with Crippen molar-refractivity contribution in [2.45, 2.75) is 34.6 Å². The third kappa shape index (κ3) is 10.8. The van der Waals surface area contributed by atoms with Crippen LogP contribution in [-0.2, 0) is 24.2 Å². The van der Waals surface area contributed by atoms with Crippen molar-refractivity contribution in [1.29, 1.82) is 0 Å². The van der Waals surface area contributed by atoms with Gasteiger partial charge in [0.2, 0.25) is 0 Å². The predicted molar refractivity (Wildman–Crippen MR) is 218 cm³/mol. The van der Waals surface area contributed by atoms with Crippen LogP contribution in [0.3, 0.4) is 0 Å². The maximum Gasteiger partial charge on any atom is -0.0259 e. The summed E-state index contributed by atoms with van der Waals surface area (Å²) >= 11 is 1.46. The number of benzene rings is 6. The zero-order valence-electron chi connectivity index (χ0n) is 31.2. The van der Waals surface area contributed by atoms with Crippen molar-refractivity contribution >= 4 is 24.8 Å². The van der Waals surface area contributed by atoms with E-state index in [9.17, 15) is 0 Å². The molecule has 0 saturated heterocycles. The number of hydrogen-bond acceptors (Lipinski definition) is 0. The number of rotatable bonds is 5. The van der Waals surface area contributed by atoms with Gasteiger partial charge in [0, 0.05) is 0 Å². The topological polar surface area (TPSA) is 0 Å². The Hall–Kier alpha value is -4.00. The molecule has 0 heterocycles. The van der Waals surface area contributed by atoms with Crippen LogP contribution in [0.1, 0.15) is 45.7 Å². The molecule has 0 bridgehead atoms. The summed E-state index contributed by atoms with van der Waals surface area (Å²) in [5, 5.41) is 5.27. The molecule has 0 fully saturated rings. The first kappa shape index (κ1) is 41.8. The van der Waals surface area contributed by atoms with E-state index < -0.39 is 0 Å². The first-order valence-electron chi connectivity index (χ1n) is 17.9. The minimum absolute atomic E-state index is 0. The Morgan fingerprint density at radius 3 is 1.30 bits per heavy atom. The van der Waals surface area contributed by atoms with Crippen molar-refractivity contribution < 1.29 is 49.0 Å². The number of hydrogen-bond donors (Lipinski definition) is 0. The van der Waals surface area contributed by atoms with Crippen molar-refractivity contribution in [2.75, 3.05) is 0 Å². The second kappa shape index (κ2) is 19.4. The van der Waals surface area contributed by atoms with Gasteiger partial charge in [-0.2, -0.15) is 11.6 Å². The maximum absolute atomic E-state index is 3.40. The van der Waals surface area contributed by atoms with Crippen LogP contribution in [0.5, 0.6) is 0 Å². The van der Waals surface area contributed by atoms with E-state index in [0.717, 1.165) is 0 Å². The summed E-state index contributed by atoms with van der Waals surface area (Å²) in [5.41, 5.74) is 9.45. The number of allylic oxidation sites excluding steroid dienone is 4. The Labute approximate surface area is 344 Å². The van der Waals surface area contributed by atoms with Crippen LogP contribution in [0.25, 0.3) is 43.8 Å². The van der Waals surface area contributed by atoms with E-state index in [0.29, 0.717) is 11.8 Å². The normalized spacial score (nSPS) is 13.2. The smallest absolute Gasteiger partial charge is 0.0259 e. The molecule has 0 radical (unpaired) electrons. The summed E-state index contributed by atoms with van der Waals surface area (Å²) in [6, 6.07) is 58.1. The Kier molecular flexibility index (Phi) is 15.3. The van der Waals surface area contributed by atoms with E-state index in [1.54, 1.807) is 0 Å². The van der Waals surface area contributed by atoms with Crippen molar-refractivity contribution in [3.05, 3.63) is 199 Å². The van der Waals surface area contributed by atoms with E-state index in [2.05, 4.69) is 217 Å². The molecule has 0 aliphatic heterocycles. The van der Waals surface area contributed by atoms with Crippen LogP contribution in [0, 0.1) is 23.3 Å². The standard InChI is InChI=1S/C25H17.C13H10.C12H19.2ClH.Zr/c1-3-7-18(8-4-1)20-11-13-24-22(15-20)17-23-16-21(12-14-25(23)24)19-9-5-2-6-10-19;1-3-7-12(8-4-1)11-13-9-5-2-6-10-13;1-9(2)10-6-7-11(8-10)12(3,4)5;;;/h1-17H;1-10H;7-10H,1-5H3;2*1H;/q-1;;-1;;;+2/p-2. The molecule has 1 unspecified atom stereocenters. The fraction of sp³-hybridized carbons (Fsp3) is 0.160. The molecule has 0 spiro atoms. The molecule has 266 valence electrons. The van der Waals surface area contributed by atoms with Gasteiger partial charge in [0.1, 0.15) is 0 Å². The third-order valence-corrected chi connectivity index (χ3v) is 10.8. The van der Waals surface area contributed by atoms with Crippen LogP contribution in [0.2, 0.25) is 0 Å². The van der Waals surface area contributed by atoms with Crippen LogP contribution in [0.4, 0.5) is 0 Å². The Morgan fingerprint density at radius 2 is 0.962 bits per heavy atom. The molecule has 53 heavy (non-hydrogen) atoms. The maximum atomic E-state index is 3.40. The van der Waals surface area contributed by atoms with Gasteiger partial charge in [-0.05, 0) is 11.1 Å². The van der Waals surface area contributed by atoms with Gasteiger partial charge in [0.15, 0.2) is 0 Å². The molecule has 1 aliphatic carbocycles. The van der Waals surface area contributed by atoms with Crippen molar-refractivity contribution in [3.8, 4) is 22.3 Å². The second-order valence-electron chi connectivity index (χ2n) is 14.5. The van der Waals surface area contributed by atoms with Gasteiger partial charge >= 0.3 is 99.2 Å². The number of fused-ring (bicyclic) bond motifs is 3. The summed E-state index contributed by atoms with van der Waals surface area (Å²) in [4.78, 5) is 0. The molecule has 0 amide bonds. The molecule has 7 aromatic carbocycles. The molecule has 0 aromatic heterocycles. The van der Waals surface area contributed by atoms with Gasteiger partial charge in [0.25, 0.3) is 0 Å². The predicted octanol–water partition coefficient (Wildman–Crippen LogP) is 7.46. The van der Waals surface area contributed by atoms with E-state index in [-0.39, 0.29) is 30.2 Å². The Morgan fingerprint density at radius 1 is 0.566 bits per heavy atom. The molecule has 0 saturated carbocycles. The minimum Gasteiger partial charge on any atom is -0.126 e. The largest absolute Gasteiger partial charge is 0.126 e. The Bertz CT molecular complexity index is 2120. The van der Waals surface area contributed by atoms with Gasteiger partial charge in [-0.3, -0.25) is 6.08 Å². The van der Waals surface area contributed by atoms with Crippen LogP contribution < -0.4 is 24.8 Å². The summed E-state index contributed by atoms with van der Waals surface area (Å²) in [7, 11) is 0. The third-order valence-electron chi connectivity index (χ3n) is 9.42. The van der Waals surface area contributed by atoms with Crippen LogP contribution in [0.15, 0.2) is 182 Å². The van der Waals surface area contributed by atoms with Crippen molar-refractivity contribution in [3.63, 3.8) is 0 Å². The SMILES string of the molecule is CC(C)C1[C-]=CC(C(C)(C)C)=C1.[Cl-].[Cl-].[Zr+2]=[C](c1ccccc1)c1ccccc1.c1ccc(-c2ccc3c(c2)[cH-]c2cc(-c4ccccc4)ccc23)cc1. The van der Waals surface area contributed by atoms with E-state index in [1.165, 1.54) is 87.9 Å². The van der Waals surface area contributed by atoms with Crippen LogP contribution >= 0.6 is 0 Å². The molecule has 0 N–H and O–H groups in total. The van der Waals surface area contributed by atoms with Gasteiger partial charge in [-0.15, -0.1) is 39.7 Å².